The molecule has 1 N–H and O–H groups in total. The van der Waals surface area contributed by atoms with Gasteiger partial charge in [-0.05, 0) is 33.0 Å². The quantitative estimate of drug-likeness (QED) is 0.896. The van der Waals surface area contributed by atoms with Crippen molar-refractivity contribution < 1.29 is 4.79 Å². The van der Waals surface area contributed by atoms with Crippen molar-refractivity contribution >= 4 is 16.9 Å². The molecule has 1 aliphatic heterocycles. The van der Waals surface area contributed by atoms with Crippen molar-refractivity contribution in [1.29, 1.82) is 0 Å². The van der Waals surface area contributed by atoms with E-state index in [4.69, 9.17) is 0 Å². The van der Waals surface area contributed by atoms with Gasteiger partial charge in [0, 0.05) is 19.6 Å². The number of amides is 1. The van der Waals surface area contributed by atoms with E-state index < -0.39 is 0 Å². The van der Waals surface area contributed by atoms with Crippen molar-refractivity contribution in [3.63, 3.8) is 0 Å². The normalized spacial score (nSPS) is 18.8. The number of H-pyrrole nitrogens is 1. The molecule has 1 fully saturated rings. The molecule has 1 amide bonds. The van der Waals surface area contributed by atoms with Gasteiger partial charge in [0.05, 0.1) is 16.6 Å². The SMILES string of the molecule is CN1CCN(C(=O)Cn2c(=O)[nH]c3ccccc32)C(C)(C)C1. The summed E-state index contributed by atoms with van der Waals surface area (Å²) >= 11 is 0. The van der Waals surface area contributed by atoms with Gasteiger partial charge < -0.3 is 14.8 Å². The summed E-state index contributed by atoms with van der Waals surface area (Å²) in [6.07, 6.45) is 0. The van der Waals surface area contributed by atoms with Crippen LogP contribution in [0.3, 0.4) is 0 Å². The third-order valence-electron chi connectivity index (χ3n) is 4.37. The number of nitrogens with zero attached hydrogens (tertiary/aromatic N) is 3. The average Bonchev–Trinajstić information content (AvgIpc) is 2.74. The first-order valence-corrected chi connectivity index (χ1v) is 7.55. The second-order valence-corrected chi connectivity index (χ2v) is 6.63. The van der Waals surface area contributed by atoms with Crippen LogP contribution in [0, 0.1) is 0 Å². The van der Waals surface area contributed by atoms with Crippen LogP contribution in [0.2, 0.25) is 0 Å². The number of carbonyl (C=O) groups excluding carboxylic acids is 1. The molecule has 0 spiro atoms. The van der Waals surface area contributed by atoms with Crippen LogP contribution in [0.5, 0.6) is 0 Å². The van der Waals surface area contributed by atoms with Crippen LogP contribution in [-0.2, 0) is 11.3 Å². The molecule has 0 atom stereocenters. The van der Waals surface area contributed by atoms with Crippen LogP contribution >= 0.6 is 0 Å². The summed E-state index contributed by atoms with van der Waals surface area (Å²) in [5.41, 5.74) is 1.08. The molecule has 1 aromatic heterocycles. The summed E-state index contributed by atoms with van der Waals surface area (Å²) in [6, 6.07) is 7.44. The van der Waals surface area contributed by atoms with Gasteiger partial charge in [-0.1, -0.05) is 12.1 Å². The molecule has 0 radical (unpaired) electrons. The van der Waals surface area contributed by atoms with Crippen molar-refractivity contribution in [2.75, 3.05) is 26.7 Å². The number of fused-ring (bicyclic) bond motifs is 1. The van der Waals surface area contributed by atoms with Gasteiger partial charge in [-0.15, -0.1) is 0 Å². The van der Waals surface area contributed by atoms with Crippen LogP contribution < -0.4 is 5.69 Å². The number of likely N-dealkylation sites (N-methyl/N-ethyl adjacent to an activating group) is 1. The van der Waals surface area contributed by atoms with Gasteiger partial charge in [-0.3, -0.25) is 9.36 Å². The van der Waals surface area contributed by atoms with E-state index in [0.29, 0.717) is 6.54 Å². The van der Waals surface area contributed by atoms with Gasteiger partial charge in [-0.25, -0.2) is 4.79 Å². The predicted molar refractivity (Wildman–Crippen MR) is 85.8 cm³/mol. The fourth-order valence-corrected chi connectivity index (χ4v) is 3.34. The first-order chi connectivity index (χ1) is 10.4. The highest BCUT2D eigenvalue weighted by Crippen LogP contribution is 2.21. The predicted octanol–water partition coefficient (Wildman–Crippen LogP) is 0.882. The Balaban J connectivity index is 1.87. The molecule has 0 aliphatic carbocycles. The largest absolute Gasteiger partial charge is 0.333 e. The standard InChI is InChI=1S/C16H22N4O2/c1-16(2)11-18(3)8-9-20(16)14(21)10-19-13-7-5-4-6-12(13)17-15(19)22/h4-7H,8-11H2,1-3H3,(H,17,22). The molecule has 1 aliphatic rings. The number of carbonyl (C=O) groups is 1. The van der Waals surface area contributed by atoms with Crippen LogP contribution in [0.15, 0.2) is 29.1 Å². The lowest BCUT2D eigenvalue weighted by atomic mass is 9.99. The molecule has 0 saturated carbocycles. The van der Waals surface area contributed by atoms with Gasteiger partial charge in [-0.2, -0.15) is 0 Å². The van der Waals surface area contributed by atoms with Crippen LogP contribution in [0.25, 0.3) is 11.0 Å². The van der Waals surface area contributed by atoms with E-state index in [1.165, 1.54) is 4.57 Å². The number of nitrogens with one attached hydrogen (secondary N) is 1. The summed E-state index contributed by atoms with van der Waals surface area (Å²) in [6.45, 7) is 6.60. The van der Waals surface area contributed by atoms with Crippen LogP contribution in [0.4, 0.5) is 0 Å². The van der Waals surface area contributed by atoms with Crippen molar-refractivity contribution in [2.45, 2.75) is 25.9 Å². The second-order valence-electron chi connectivity index (χ2n) is 6.63. The maximum atomic E-state index is 12.7. The summed E-state index contributed by atoms with van der Waals surface area (Å²) in [5.74, 6) is -0.00930. The van der Waals surface area contributed by atoms with E-state index in [1.807, 2.05) is 29.2 Å². The molecule has 3 rings (SSSR count). The van der Waals surface area contributed by atoms with E-state index in [2.05, 4.69) is 30.8 Å². The van der Waals surface area contributed by atoms with Gasteiger partial charge in [0.1, 0.15) is 6.54 Å². The van der Waals surface area contributed by atoms with Crippen molar-refractivity contribution in [3.8, 4) is 0 Å². The highest BCUT2D eigenvalue weighted by Gasteiger charge is 2.35. The molecule has 6 heteroatoms. The highest BCUT2D eigenvalue weighted by molar-refractivity contribution is 5.81. The third kappa shape index (κ3) is 2.54. The smallest absolute Gasteiger partial charge is 0.326 e. The maximum absolute atomic E-state index is 12.7. The Bertz CT molecular complexity index is 759. The lowest BCUT2D eigenvalue weighted by Crippen LogP contribution is -2.60. The number of rotatable bonds is 2. The number of piperazine rings is 1. The zero-order valence-corrected chi connectivity index (χ0v) is 13.3. The molecular weight excluding hydrogens is 280 g/mol. The third-order valence-corrected chi connectivity index (χ3v) is 4.37. The first kappa shape index (κ1) is 14.8. The average molecular weight is 302 g/mol. The van der Waals surface area contributed by atoms with Gasteiger partial charge in [0.25, 0.3) is 0 Å². The Kier molecular flexibility index (Phi) is 3.56. The number of hydrogen-bond donors (Lipinski definition) is 1. The first-order valence-electron chi connectivity index (χ1n) is 7.55. The molecule has 0 unspecified atom stereocenters. The second kappa shape index (κ2) is 5.28. The number of aromatic nitrogens is 2. The van der Waals surface area contributed by atoms with Crippen molar-refractivity contribution in [3.05, 3.63) is 34.7 Å². The minimum absolute atomic E-state index is 0.00930. The monoisotopic (exact) mass is 302 g/mol. The van der Waals surface area contributed by atoms with Crippen molar-refractivity contribution in [1.82, 2.24) is 19.4 Å². The fourth-order valence-electron chi connectivity index (χ4n) is 3.34. The zero-order chi connectivity index (χ0) is 15.9. The topological polar surface area (TPSA) is 61.3 Å². The lowest BCUT2D eigenvalue weighted by Gasteiger charge is -2.46. The molecule has 1 aromatic carbocycles. The van der Waals surface area contributed by atoms with Gasteiger partial charge in [0.2, 0.25) is 5.91 Å². The van der Waals surface area contributed by atoms with Crippen molar-refractivity contribution in [2.24, 2.45) is 0 Å². The molecular formula is C16H22N4O2. The summed E-state index contributed by atoms with van der Waals surface area (Å²) in [7, 11) is 2.06. The minimum Gasteiger partial charge on any atom is -0.333 e. The molecule has 2 aromatic rings. The number of benzene rings is 1. The van der Waals surface area contributed by atoms with E-state index in [1.54, 1.807) is 0 Å². The van der Waals surface area contributed by atoms with Crippen LogP contribution in [-0.4, -0.2) is 57.5 Å². The van der Waals surface area contributed by atoms with Gasteiger partial charge in [0.15, 0.2) is 0 Å². The molecule has 22 heavy (non-hydrogen) atoms. The van der Waals surface area contributed by atoms with Crippen LogP contribution in [0.1, 0.15) is 13.8 Å². The summed E-state index contributed by atoms with van der Waals surface area (Å²) in [4.78, 5) is 31.7. The van der Waals surface area contributed by atoms with E-state index >= 15 is 0 Å². The molecule has 0 bridgehead atoms. The number of imidazole rings is 1. The molecule has 1 saturated heterocycles. The number of para-hydroxylation sites is 2. The number of hydrogen-bond acceptors (Lipinski definition) is 3. The Hall–Kier alpha value is -2.08. The highest BCUT2D eigenvalue weighted by atomic mass is 16.2. The Morgan fingerprint density at radius 3 is 2.73 bits per heavy atom. The minimum atomic E-state index is -0.235. The maximum Gasteiger partial charge on any atom is 0.326 e. The lowest BCUT2D eigenvalue weighted by molar-refractivity contribution is -0.140. The fraction of sp³-hybridized carbons (Fsp3) is 0.500. The van der Waals surface area contributed by atoms with E-state index in [9.17, 15) is 9.59 Å². The Morgan fingerprint density at radius 1 is 1.27 bits per heavy atom. The molecule has 6 nitrogen and oxygen atoms in total. The Morgan fingerprint density at radius 2 is 2.00 bits per heavy atom. The molecule has 118 valence electrons. The number of aromatic amines is 1. The summed E-state index contributed by atoms with van der Waals surface area (Å²) in [5, 5.41) is 0. The zero-order valence-electron chi connectivity index (χ0n) is 13.3. The van der Waals surface area contributed by atoms with E-state index in [-0.39, 0.29) is 23.7 Å². The summed E-state index contributed by atoms with van der Waals surface area (Å²) < 4.78 is 1.52. The Labute approximate surface area is 129 Å². The van der Waals surface area contributed by atoms with Gasteiger partial charge >= 0.3 is 5.69 Å². The van der Waals surface area contributed by atoms with E-state index in [0.717, 1.165) is 24.1 Å². The molecule has 2 heterocycles.